The average molecular weight is 261 g/mol. The van der Waals surface area contributed by atoms with E-state index in [1.54, 1.807) is 0 Å². The SMILES string of the molecule is FC(F)(F)c1ccc(NC2CCCSC2)cc1. The van der Waals surface area contributed by atoms with E-state index in [-0.39, 0.29) is 0 Å². The van der Waals surface area contributed by atoms with E-state index in [0.29, 0.717) is 6.04 Å². The standard InChI is InChI=1S/C12H14F3NS/c13-12(14,15)9-3-5-10(6-4-9)16-11-2-1-7-17-8-11/h3-6,11,16H,1-2,7-8H2. The molecule has 1 saturated heterocycles. The Labute approximate surface area is 103 Å². The second-order valence-corrected chi connectivity index (χ2v) is 5.28. The van der Waals surface area contributed by atoms with Gasteiger partial charge in [-0.05, 0) is 42.9 Å². The molecule has 1 heterocycles. The van der Waals surface area contributed by atoms with Crippen LogP contribution in [0.3, 0.4) is 0 Å². The minimum Gasteiger partial charge on any atom is -0.381 e. The summed E-state index contributed by atoms with van der Waals surface area (Å²) >= 11 is 1.89. The van der Waals surface area contributed by atoms with E-state index < -0.39 is 11.7 Å². The van der Waals surface area contributed by atoms with Crippen LogP contribution >= 0.6 is 11.8 Å². The van der Waals surface area contributed by atoms with Crippen LogP contribution in [-0.4, -0.2) is 17.5 Å². The maximum Gasteiger partial charge on any atom is 0.416 e. The third-order valence-electron chi connectivity index (χ3n) is 2.74. The highest BCUT2D eigenvalue weighted by Crippen LogP contribution is 2.30. The molecule has 1 aromatic rings. The Balaban J connectivity index is 1.98. The molecule has 1 N–H and O–H groups in total. The zero-order valence-corrected chi connectivity index (χ0v) is 10.1. The molecule has 0 amide bonds. The van der Waals surface area contributed by atoms with Crippen molar-refractivity contribution in [2.24, 2.45) is 0 Å². The quantitative estimate of drug-likeness (QED) is 0.863. The second-order valence-electron chi connectivity index (χ2n) is 4.13. The van der Waals surface area contributed by atoms with Crippen LogP contribution in [0.15, 0.2) is 24.3 Å². The summed E-state index contributed by atoms with van der Waals surface area (Å²) in [7, 11) is 0. The van der Waals surface area contributed by atoms with Crippen LogP contribution in [0.2, 0.25) is 0 Å². The van der Waals surface area contributed by atoms with Crippen LogP contribution in [0.1, 0.15) is 18.4 Å². The topological polar surface area (TPSA) is 12.0 Å². The van der Waals surface area contributed by atoms with E-state index >= 15 is 0 Å². The van der Waals surface area contributed by atoms with Gasteiger partial charge in [-0.25, -0.2) is 0 Å². The molecule has 94 valence electrons. The molecule has 17 heavy (non-hydrogen) atoms. The highest BCUT2D eigenvalue weighted by Gasteiger charge is 2.30. The van der Waals surface area contributed by atoms with Crippen molar-refractivity contribution in [1.82, 2.24) is 0 Å². The molecule has 0 aromatic heterocycles. The van der Waals surface area contributed by atoms with Crippen molar-refractivity contribution in [3.05, 3.63) is 29.8 Å². The molecule has 1 nitrogen and oxygen atoms in total. The van der Waals surface area contributed by atoms with Gasteiger partial charge in [-0.2, -0.15) is 24.9 Å². The zero-order chi connectivity index (χ0) is 12.3. The van der Waals surface area contributed by atoms with E-state index in [2.05, 4.69) is 5.32 Å². The van der Waals surface area contributed by atoms with Gasteiger partial charge in [0.15, 0.2) is 0 Å². The number of hydrogen-bond donors (Lipinski definition) is 1. The molecular weight excluding hydrogens is 247 g/mol. The smallest absolute Gasteiger partial charge is 0.381 e. The molecule has 2 rings (SSSR count). The van der Waals surface area contributed by atoms with Crippen molar-refractivity contribution >= 4 is 17.4 Å². The fourth-order valence-electron chi connectivity index (χ4n) is 1.85. The lowest BCUT2D eigenvalue weighted by Crippen LogP contribution is -2.25. The summed E-state index contributed by atoms with van der Waals surface area (Å²) in [6, 6.07) is 5.63. The number of thioether (sulfide) groups is 1. The molecule has 1 unspecified atom stereocenters. The van der Waals surface area contributed by atoms with Gasteiger partial charge in [0, 0.05) is 17.5 Å². The fourth-order valence-corrected chi connectivity index (χ4v) is 2.92. The zero-order valence-electron chi connectivity index (χ0n) is 9.26. The summed E-state index contributed by atoms with van der Waals surface area (Å²) in [4.78, 5) is 0. The lowest BCUT2D eigenvalue weighted by molar-refractivity contribution is -0.137. The van der Waals surface area contributed by atoms with Crippen molar-refractivity contribution in [2.75, 3.05) is 16.8 Å². The van der Waals surface area contributed by atoms with Gasteiger partial charge in [-0.15, -0.1) is 0 Å². The van der Waals surface area contributed by atoms with Crippen molar-refractivity contribution in [3.63, 3.8) is 0 Å². The summed E-state index contributed by atoms with van der Waals surface area (Å²) in [5.41, 5.74) is 0.173. The number of hydrogen-bond acceptors (Lipinski definition) is 2. The third kappa shape index (κ3) is 3.56. The Morgan fingerprint density at radius 2 is 1.88 bits per heavy atom. The molecule has 0 radical (unpaired) electrons. The average Bonchev–Trinajstić information content (AvgIpc) is 2.30. The molecule has 0 aliphatic carbocycles. The summed E-state index contributed by atoms with van der Waals surface area (Å²) in [5.74, 6) is 2.21. The lowest BCUT2D eigenvalue weighted by Gasteiger charge is -2.23. The largest absolute Gasteiger partial charge is 0.416 e. The van der Waals surface area contributed by atoms with Crippen molar-refractivity contribution < 1.29 is 13.2 Å². The Kier molecular flexibility index (Phi) is 3.86. The molecule has 0 spiro atoms. The summed E-state index contributed by atoms with van der Waals surface area (Å²) in [6.45, 7) is 0. The van der Waals surface area contributed by atoms with E-state index in [1.807, 2.05) is 11.8 Å². The molecule has 0 bridgehead atoms. The highest BCUT2D eigenvalue weighted by molar-refractivity contribution is 7.99. The van der Waals surface area contributed by atoms with E-state index in [1.165, 1.54) is 24.3 Å². The number of rotatable bonds is 2. The van der Waals surface area contributed by atoms with Gasteiger partial charge in [-0.3, -0.25) is 0 Å². The lowest BCUT2D eigenvalue weighted by atomic mass is 10.1. The summed E-state index contributed by atoms with van der Waals surface area (Å²) in [5, 5.41) is 3.27. The maximum atomic E-state index is 12.4. The van der Waals surface area contributed by atoms with Gasteiger partial charge in [0.25, 0.3) is 0 Å². The molecule has 1 aliphatic rings. The molecular formula is C12H14F3NS. The normalized spacial score (nSPS) is 21.2. The van der Waals surface area contributed by atoms with E-state index in [9.17, 15) is 13.2 Å². The van der Waals surface area contributed by atoms with Crippen LogP contribution < -0.4 is 5.32 Å². The number of anilines is 1. The Hall–Kier alpha value is -0.840. The minimum atomic E-state index is -4.25. The number of nitrogens with one attached hydrogen (secondary N) is 1. The van der Waals surface area contributed by atoms with E-state index in [4.69, 9.17) is 0 Å². The van der Waals surface area contributed by atoms with E-state index in [0.717, 1.165) is 30.0 Å². The van der Waals surface area contributed by atoms with Gasteiger partial charge in [0.2, 0.25) is 0 Å². The number of alkyl halides is 3. The van der Waals surface area contributed by atoms with Crippen molar-refractivity contribution in [2.45, 2.75) is 25.1 Å². The number of halogens is 3. The first-order valence-electron chi connectivity index (χ1n) is 5.57. The maximum absolute atomic E-state index is 12.4. The van der Waals surface area contributed by atoms with Gasteiger partial charge >= 0.3 is 6.18 Å². The first-order valence-corrected chi connectivity index (χ1v) is 6.73. The molecule has 1 aliphatic heterocycles. The molecule has 1 atom stereocenters. The minimum absolute atomic E-state index is 0.380. The Morgan fingerprint density at radius 3 is 2.41 bits per heavy atom. The monoisotopic (exact) mass is 261 g/mol. The summed E-state index contributed by atoms with van der Waals surface area (Å²) < 4.78 is 37.1. The van der Waals surface area contributed by atoms with Crippen molar-refractivity contribution in [3.8, 4) is 0 Å². The molecule has 5 heteroatoms. The summed E-state index contributed by atoms with van der Waals surface area (Å²) in [6.07, 6.45) is -1.99. The van der Waals surface area contributed by atoms with Gasteiger partial charge in [0.1, 0.15) is 0 Å². The third-order valence-corrected chi connectivity index (χ3v) is 3.96. The van der Waals surface area contributed by atoms with Crippen molar-refractivity contribution in [1.29, 1.82) is 0 Å². The fraction of sp³-hybridized carbons (Fsp3) is 0.500. The van der Waals surface area contributed by atoms with Crippen LogP contribution in [0, 0.1) is 0 Å². The van der Waals surface area contributed by atoms with Crippen LogP contribution in [-0.2, 0) is 6.18 Å². The number of benzene rings is 1. The Bertz CT molecular complexity index is 355. The first-order chi connectivity index (χ1) is 8.05. The van der Waals surface area contributed by atoms with Gasteiger partial charge < -0.3 is 5.32 Å². The Morgan fingerprint density at radius 1 is 1.18 bits per heavy atom. The predicted octanol–water partition coefficient (Wildman–Crippen LogP) is 4.01. The molecule has 1 fully saturated rings. The highest BCUT2D eigenvalue weighted by atomic mass is 32.2. The molecule has 1 aromatic carbocycles. The van der Waals surface area contributed by atoms with Gasteiger partial charge in [-0.1, -0.05) is 0 Å². The van der Waals surface area contributed by atoms with Crippen LogP contribution in [0.4, 0.5) is 18.9 Å². The molecule has 0 saturated carbocycles. The second kappa shape index (κ2) is 5.21. The predicted molar refractivity (Wildman–Crippen MR) is 65.4 cm³/mol. The van der Waals surface area contributed by atoms with Crippen LogP contribution in [0.5, 0.6) is 0 Å². The van der Waals surface area contributed by atoms with Gasteiger partial charge in [0.05, 0.1) is 5.56 Å². The van der Waals surface area contributed by atoms with Crippen LogP contribution in [0.25, 0.3) is 0 Å². The first kappa shape index (κ1) is 12.6.